The molecule has 0 saturated heterocycles. The van der Waals surface area contributed by atoms with Crippen LogP contribution in [0.4, 0.5) is 0 Å². The van der Waals surface area contributed by atoms with E-state index < -0.39 is 0 Å². The van der Waals surface area contributed by atoms with Crippen molar-refractivity contribution in [1.82, 2.24) is 15.0 Å². The minimum atomic E-state index is 0.920. The SMILES string of the molecule is Cc1ccnc(Sc2ncnc3ccccc23)c1Br. The third-order valence-corrected chi connectivity index (χ3v) is 5.03. The Kier molecular flexibility index (Phi) is 3.48. The molecule has 2 heterocycles. The van der Waals surface area contributed by atoms with Gasteiger partial charge in [-0.25, -0.2) is 15.0 Å². The van der Waals surface area contributed by atoms with E-state index in [-0.39, 0.29) is 0 Å². The summed E-state index contributed by atoms with van der Waals surface area (Å²) in [6.07, 6.45) is 3.40. The summed E-state index contributed by atoms with van der Waals surface area (Å²) in [6, 6.07) is 9.96. The van der Waals surface area contributed by atoms with Crippen molar-refractivity contribution in [2.45, 2.75) is 17.0 Å². The molecule has 0 saturated carbocycles. The summed E-state index contributed by atoms with van der Waals surface area (Å²) >= 11 is 5.12. The Hall–Kier alpha value is -1.46. The van der Waals surface area contributed by atoms with Crippen molar-refractivity contribution in [3.05, 3.63) is 52.9 Å². The predicted octanol–water partition coefficient (Wildman–Crippen LogP) is 4.25. The van der Waals surface area contributed by atoms with Gasteiger partial charge in [-0.1, -0.05) is 18.2 Å². The lowest BCUT2D eigenvalue weighted by Gasteiger charge is -2.06. The fourth-order valence-corrected chi connectivity index (χ4v) is 3.15. The highest BCUT2D eigenvalue weighted by molar-refractivity contribution is 9.10. The van der Waals surface area contributed by atoms with Crippen LogP contribution in [0, 0.1) is 6.92 Å². The minimum absolute atomic E-state index is 0.920. The van der Waals surface area contributed by atoms with Crippen LogP contribution in [0.25, 0.3) is 10.9 Å². The Labute approximate surface area is 123 Å². The van der Waals surface area contributed by atoms with Gasteiger partial charge in [-0.2, -0.15) is 0 Å². The molecule has 0 N–H and O–H groups in total. The standard InChI is InChI=1S/C14H10BrN3S/c1-9-6-7-16-14(12(9)15)19-13-10-4-2-3-5-11(10)17-8-18-13/h2-8H,1H3. The monoisotopic (exact) mass is 331 g/mol. The number of hydrogen-bond donors (Lipinski definition) is 0. The first kappa shape index (κ1) is 12.6. The normalized spacial score (nSPS) is 10.8. The molecule has 0 aliphatic rings. The van der Waals surface area contributed by atoms with Gasteiger partial charge < -0.3 is 0 Å². The van der Waals surface area contributed by atoms with Crippen molar-refractivity contribution in [1.29, 1.82) is 0 Å². The van der Waals surface area contributed by atoms with Gasteiger partial charge in [0.2, 0.25) is 0 Å². The Morgan fingerprint density at radius 2 is 1.84 bits per heavy atom. The third kappa shape index (κ3) is 2.48. The van der Waals surface area contributed by atoms with Crippen LogP contribution in [0.2, 0.25) is 0 Å². The molecule has 0 spiro atoms. The Morgan fingerprint density at radius 1 is 1.00 bits per heavy atom. The van der Waals surface area contributed by atoms with Gasteiger partial charge in [0.05, 0.1) is 9.99 Å². The summed E-state index contributed by atoms with van der Waals surface area (Å²) in [4.78, 5) is 13.0. The maximum atomic E-state index is 4.40. The maximum absolute atomic E-state index is 4.40. The number of hydrogen-bond acceptors (Lipinski definition) is 4. The topological polar surface area (TPSA) is 38.7 Å². The van der Waals surface area contributed by atoms with Crippen molar-refractivity contribution in [3.8, 4) is 0 Å². The summed E-state index contributed by atoms with van der Waals surface area (Å²) in [5.74, 6) is 0. The summed E-state index contributed by atoms with van der Waals surface area (Å²) < 4.78 is 1.02. The average molecular weight is 332 g/mol. The minimum Gasteiger partial charge on any atom is -0.248 e. The van der Waals surface area contributed by atoms with Crippen LogP contribution < -0.4 is 0 Å². The number of aryl methyl sites for hydroxylation is 1. The van der Waals surface area contributed by atoms with Gasteiger partial charge in [0, 0.05) is 11.6 Å². The maximum Gasteiger partial charge on any atom is 0.117 e. The van der Waals surface area contributed by atoms with Crippen molar-refractivity contribution in [3.63, 3.8) is 0 Å². The van der Waals surface area contributed by atoms with Crippen molar-refractivity contribution in [2.75, 3.05) is 0 Å². The second kappa shape index (κ2) is 5.27. The molecule has 0 bridgehead atoms. The van der Waals surface area contributed by atoms with E-state index in [1.807, 2.05) is 43.5 Å². The van der Waals surface area contributed by atoms with Gasteiger partial charge in [-0.05, 0) is 52.3 Å². The highest BCUT2D eigenvalue weighted by Crippen LogP contribution is 2.34. The molecule has 3 aromatic rings. The van der Waals surface area contributed by atoms with E-state index in [1.54, 1.807) is 18.1 Å². The molecule has 2 aromatic heterocycles. The predicted molar refractivity (Wildman–Crippen MR) is 80.3 cm³/mol. The van der Waals surface area contributed by atoms with E-state index in [0.717, 1.165) is 31.0 Å². The zero-order valence-electron chi connectivity index (χ0n) is 10.2. The summed E-state index contributed by atoms with van der Waals surface area (Å²) in [5, 5.41) is 2.89. The Morgan fingerprint density at radius 3 is 2.74 bits per heavy atom. The van der Waals surface area contributed by atoms with Crippen LogP contribution in [0.3, 0.4) is 0 Å². The number of pyridine rings is 1. The van der Waals surface area contributed by atoms with Crippen LogP contribution in [0.1, 0.15) is 5.56 Å². The zero-order valence-corrected chi connectivity index (χ0v) is 12.6. The molecule has 0 radical (unpaired) electrons. The first-order chi connectivity index (χ1) is 9.25. The zero-order chi connectivity index (χ0) is 13.2. The van der Waals surface area contributed by atoms with Crippen LogP contribution >= 0.6 is 27.7 Å². The van der Waals surface area contributed by atoms with E-state index in [1.165, 1.54) is 0 Å². The molecule has 5 heteroatoms. The van der Waals surface area contributed by atoms with Crippen LogP contribution in [-0.2, 0) is 0 Å². The third-order valence-electron chi connectivity index (χ3n) is 2.75. The largest absolute Gasteiger partial charge is 0.248 e. The Bertz CT molecular complexity index is 740. The van der Waals surface area contributed by atoms with Gasteiger partial charge in [0.1, 0.15) is 16.4 Å². The molecular weight excluding hydrogens is 322 g/mol. The molecule has 0 aliphatic carbocycles. The number of halogens is 1. The molecule has 0 fully saturated rings. The van der Waals surface area contributed by atoms with Gasteiger partial charge in [0.15, 0.2) is 0 Å². The number of para-hydroxylation sites is 1. The highest BCUT2D eigenvalue weighted by Gasteiger charge is 2.10. The molecule has 3 rings (SSSR count). The number of benzene rings is 1. The molecular formula is C14H10BrN3S. The first-order valence-electron chi connectivity index (χ1n) is 5.74. The highest BCUT2D eigenvalue weighted by atomic mass is 79.9. The summed E-state index contributed by atoms with van der Waals surface area (Å²) in [6.45, 7) is 2.05. The van der Waals surface area contributed by atoms with Gasteiger partial charge >= 0.3 is 0 Å². The number of nitrogens with zero attached hydrogens (tertiary/aromatic N) is 3. The second-order valence-corrected chi connectivity index (χ2v) is 5.82. The molecule has 3 nitrogen and oxygen atoms in total. The molecule has 0 unspecified atom stereocenters. The fraction of sp³-hybridized carbons (Fsp3) is 0.0714. The smallest absolute Gasteiger partial charge is 0.117 e. The molecule has 0 aliphatic heterocycles. The lowest BCUT2D eigenvalue weighted by Crippen LogP contribution is -1.89. The summed E-state index contributed by atoms with van der Waals surface area (Å²) in [5.41, 5.74) is 2.11. The van der Waals surface area contributed by atoms with E-state index in [4.69, 9.17) is 0 Å². The van der Waals surface area contributed by atoms with E-state index >= 15 is 0 Å². The number of fused-ring (bicyclic) bond motifs is 1. The van der Waals surface area contributed by atoms with Crippen molar-refractivity contribution < 1.29 is 0 Å². The lowest BCUT2D eigenvalue weighted by molar-refractivity contribution is 1.06. The average Bonchev–Trinajstić information content (AvgIpc) is 2.44. The van der Waals surface area contributed by atoms with Gasteiger partial charge in [-0.15, -0.1) is 0 Å². The number of rotatable bonds is 2. The molecule has 1 aromatic carbocycles. The molecule has 94 valence electrons. The quantitative estimate of drug-likeness (QED) is 0.658. The molecule has 0 atom stereocenters. The molecule has 19 heavy (non-hydrogen) atoms. The van der Waals surface area contributed by atoms with Crippen molar-refractivity contribution in [2.24, 2.45) is 0 Å². The van der Waals surface area contributed by atoms with Crippen LogP contribution in [0.5, 0.6) is 0 Å². The molecule has 0 amide bonds. The Balaban J connectivity index is 2.09. The van der Waals surface area contributed by atoms with Gasteiger partial charge in [-0.3, -0.25) is 0 Å². The summed E-state index contributed by atoms with van der Waals surface area (Å²) in [7, 11) is 0. The lowest BCUT2D eigenvalue weighted by atomic mass is 10.2. The van der Waals surface area contributed by atoms with Gasteiger partial charge in [0.25, 0.3) is 0 Å². The fourth-order valence-electron chi connectivity index (χ4n) is 1.74. The number of aromatic nitrogens is 3. The van der Waals surface area contributed by atoms with Crippen LogP contribution in [0.15, 0.2) is 57.4 Å². The van der Waals surface area contributed by atoms with E-state index in [9.17, 15) is 0 Å². The second-order valence-electron chi connectivity index (χ2n) is 4.05. The van der Waals surface area contributed by atoms with E-state index in [0.29, 0.717) is 0 Å². The van der Waals surface area contributed by atoms with Crippen LogP contribution in [-0.4, -0.2) is 15.0 Å². The first-order valence-corrected chi connectivity index (χ1v) is 7.35. The van der Waals surface area contributed by atoms with Crippen molar-refractivity contribution >= 4 is 38.6 Å². The van der Waals surface area contributed by atoms with E-state index in [2.05, 4.69) is 30.9 Å².